The van der Waals surface area contributed by atoms with Gasteiger partial charge in [-0.2, -0.15) is 0 Å². The quantitative estimate of drug-likeness (QED) is 0.587. The van der Waals surface area contributed by atoms with Gasteiger partial charge in [0.15, 0.2) is 0 Å². The fraction of sp³-hybridized carbons (Fsp3) is 0.167. The Bertz CT molecular complexity index is 671. The smallest absolute Gasteiger partial charge is 0.248 e. The highest BCUT2D eigenvalue weighted by molar-refractivity contribution is 6.30. The molecule has 0 heterocycles. The van der Waals surface area contributed by atoms with Crippen LogP contribution in [-0.4, -0.2) is 19.2 Å². The molecule has 2 aromatic rings. The highest BCUT2D eigenvalue weighted by atomic mass is 35.5. The summed E-state index contributed by atoms with van der Waals surface area (Å²) in [5.74, 6) is 0.346. The van der Waals surface area contributed by atoms with Gasteiger partial charge < -0.3 is 10.1 Å². The van der Waals surface area contributed by atoms with Gasteiger partial charge in [0.25, 0.3) is 0 Å². The van der Waals surface area contributed by atoms with Gasteiger partial charge in [0.05, 0.1) is 13.3 Å². The first-order valence-corrected chi connectivity index (χ1v) is 7.58. The van der Waals surface area contributed by atoms with Gasteiger partial charge in [-0.05, 0) is 35.9 Å². The molecule has 0 aliphatic carbocycles. The number of anilines is 1. The van der Waals surface area contributed by atoms with Crippen LogP contribution < -0.4 is 10.1 Å². The summed E-state index contributed by atoms with van der Waals surface area (Å²) in [6.45, 7) is -0.101. The van der Waals surface area contributed by atoms with Crippen molar-refractivity contribution in [1.82, 2.24) is 0 Å². The van der Waals surface area contributed by atoms with Crippen molar-refractivity contribution in [2.45, 2.75) is 6.42 Å². The predicted octanol–water partition coefficient (Wildman–Crippen LogP) is 4.73. The van der Waals surface area contributed by atoms with E-state index in [1.165, 1.54) is 6.08 Å². The monoisotopic (exact) mass is 333 g/mol. The van der Waals surface area contributed by atoms with E-state index in [4.69, 9.17) is 16.3 Å². The molecule has 0 aromatic heterocycles. The molecule has 0 bridgehead atoms. The minimum atomic E-state index is -0.411. The SMILES string of the molecule is O=C(/C=C/c1ccc(Cl)cc1)Nc1cccc(OCCCF)c1. The lowest BCUT2D eigenvalue weighted by molar-refractivity contribution is -0.111. The highest BCUT2D eigenvalue weighted by Crippen LogP contribution is 2.18. The molecule has 23 heavy (non-hydrogen) atoms. The van der Waals surface area contributed by atoms with E-state index >= 15 is 0 Å². The molecule has 0 saturated heterocycles. The van der Waals surface area contributed by atoms with E-state index in [2.05, 4.69) is 5.32 Å². The maximum atomic E-state index is 12.0. The zero-order valence-corrected chi connectivity index (χ0v) is 13.2. The summed E-state index contributed by atoms with van der Waals surface area (Å²) < 4.78 is 17.4. The Labute approximate surface area is 139 Å². The molecular formula is C18H17ClFNO2. The summed E-state index contributed by atoms with van der Waals surface area (Å²) in [6, 6.07) is 14.2. The zero-order chi connectivity index (χ0) is 16.5. The van der Waals surface area contributed by atoms with Crippen molar-refractivity contribution < 1.29 is 13.9 Å². The number of nitrogens with one attached hydrogen (secondary N) is 1. The third-order valence-electron chi connectivity index (χ3n) is 2.95. The van der Waals surface area contributed by atoms with Gasteiger partial charge in [0.1, 0.15) is 5.75 Å². The van der Waals surface area contributed by atoms with Gasteiger partial charge in [-0.1, -0.05) is 29.8 Å². The fourth-order valence-electron chi connectivity index (χ4n) is 1.84. The molecule has 3 nitrogen and oxygen atoms in total. The van der Waals surface area contributed by atoms with Gasteiger partial charge in [-0.3, -0.25) is 9.18 Å². The first kappa shape index (κ1) is 17.0. The average Bonchev–Trinajstić information content (AvgIpc) is 2.55. The van der Waals surface area contributed by atoms with Crippen molar-refractivity contribution in [3.8, 4) is 5.75 Å². The number of hydrogen-bond donors (Lipinski definition) is 1. The van der Waals surface area contributed by atoms with Crippen LogP contribution in [0.3, 0.4) is 0 Å². The van der Waals surface area contributed by atoms with Gasteiger partial charge in [-0.25, -0.2) is 0 Å². The van der Waals surface area contributed by atoms with E-state index < -0.39 is 6.67 Å². The van der Waals surface area contributed by atoms with Crippen LogP contribution in [0.4, 0.5) is 10.1 Å². The van der Waals surface area contributed by atoms with Crippen molar-refractivity contribution >= 4 is 29.3 Å². The van der Waals surface area contributed by atoms with Crippen LogP contribution >= 0.6 is 11.6 Å². The van der Waals surface area contributed by atoms with Gasteiger partial charge in [0, 0.05) is 29.3 Å². The van der Waals surface area contributed by atoms with Crippen LogP contribution in [0.1, 0.15) is 12.0 Å². The Hall–Kier alpha value is -2.33. The van der Waals surface area contributed by atoms with Crippen LogP contribution in [0.15, 0.2) is 54.6 Å². The lowest BCUT2D eigenvalue weighted by atomic mass is 10.2. The molecule has 0 aliphatic rings. The van der Waals surface area contributed by atoms with Crippen molar-refractivity contribution in [3.63, 3.8) is 0 Å². The van der Waals surface area contributed by atoms with Crippen molar-refractivity contribution in [3.05, 3.63) is 65.2 Å². The van der Waals surface area contributed by atoms with Crippen molar-refractivity contribution in [2.24, 2.45) is 0 Å². The Morgan fingerprint density at radius 3 is 2.74 bits per heavy atom. The standard InChI is InChI=1S/C18H17ClFNO2/c19-15-8-5-14(6-9-15)7-10-18(22)21-16-3-1-4-17(13-16)23-12-2-11-20/h1,3-10,13H,2,11-12H2,(H,21,22)/b10-7+. The number of rotatable bonds is 7. The maximum absolute atomic E-state index is 12.0. The van der Waals surface area contributed by atoms with Gasteiger partial charge >= 0.3 is 0 Å². The number of alkyl halides is 1. The Balaban J connectivity index is 1.91. The molecule has 0 spiro atoms. The molecule has 0 aliphatic heterocycles. The molecule has 5 heteroatoms. The molecule has 1 N–H and O–H groups in total. The Kier molecular flexibility index (Phi) is 6.63. The first-order chi connectivity index (χ1) is 11.2. The van der Waals surface area contributed by atoms with Crippen LogP contribution in [-0.2, 0) is 4.79 Å². The maximum Gasteiger partial charge on any atom is 0.248 e. The second-order valence-corrected chi connectivity index (χ2v) is 5.23. The first-order valence-electron chi connectivity index (χ1n) is 7.21. The number of ether oxygens (including phenoxy) is 1. The van der Waals surface area contributed by atoms with E-state index in [1.807, 2.05) is 12.1 Å². The predicted molar refractivity (Wildman–Crippen MR) is 91.6 cm³/mol. The third-order valence-corrected chi connectivity index (χ3v) is 3.20. The summed E-state index contributed by atoms with van der Waals surface area (Å²) >= 11 is 5.81. The van der Waals surface area contributed by atoms with Crippen molar-refractivity contribution in [2.75, 3.05) is 18.6 Å². The van der Waals surface area contributed by atoms with E-state index in [9.17, 15) is 9.18 Å². The molecule has 0 radical (unpaired) electrons. The minimum absolute atomic E-state index is 0.249. The second kappa shape index (κ2) is 8.96. The topological polar surface area (TPSA) is 38.3 Å². The average molecular weight is 334 g/mol. The number of halogens is 2. The van der Waals surface area contributed by atoms with Gasteiger partial charge in [-0.15, -0.1) is 0 Å². The second-order valence-electron chi connectivity index (χ2n) is 4.79. The molecular weight excluding hydrogens is 317 g/mol. The van der Waals surface area contributed by atoms with Crippen LogP contribution in [0.2, 0.25) is 5.02 Å². The number of benzene rings is 2. The highest BCUT2D eigenvalue weighted by Gasteiger charge is 2.00. The molecule has 1 amide bonds. The van der Waals surface area contributed by atoms with Crippen LogP contribution in [0, 0.1) is 0 Å². The number of carbonyl (C=O) groups is 1. The lowest BCUT2D eigenvalue weighted by Crippen LogP contribution is -2.08. The van der Waals surface area contributed by atoms with E-state index in [0.29, 0.717) is 29.5 Å². The van der Waals surface area contributed by atoms with E-state index in [-0.39, 0.29) is 5.91 Å². The summed E-state index contributed by atoms with van der Waals surface area (Å²) in [4.78, 5) is 11.9. The van der Waals surface area contributed by atoms with Gasteiger partial charge in [0.2, 0.25) is 5.91 Å². The third kappa shape index (κ3) is 6.12. The molecule has 0 saturated carbocycles. The molecule has 2 aromatic carbocycles. The molecule has 0 atom stereocenters. The van der Waals surface area contributed by atoms with E-state index in [1.54, 1.807) is 42.5 Å². The molecule has 120 valence electrons. The number of carbonyl (C=O) groups excluding carboxylic acids is 1. The fourth-order valence-corrected chi connectivity index (χ4v) is 1.96. The van der Waals surface area contributed by atoms with E-state index in [0.717, 1.165) is 5.56 Å². The molecule has 2 rings (SSSR count). The summed E-state index contributed by atoms with van der Waals surface area (Å²) in [7, 11) is 0. The lowest BCUT2D eigenvalue weighted by Gasteiger charge is -2.07. The number of hydrogen-bond acceptors (Lipinski definition) is 2. The zero-order valence-electron chi connectivity index (χ0n) is 12.5. The normalized spacial score (nSPS) is 10.7. The Morgan fingerprint density at radius 2 is 2.00 bits per heavy atom. The van der Waals surface area contributed by atoms with Crippen molar-refractivity contribution in [1.29, 1.82) is 0 Å². The summed E-state index contributed by atoms with van der Waals surface area (Å²) in [5.41, 5.74) is 1.50. The Morgan fingerprint density at radius 1 is 1.22 bits per heavy atom. The molecule has 0 fully saturated rings. The van der Waals surface area contributed by atoms with Crippen LogP contribution in [0.25, 0.3) is 6.08 Å². The summed E-state index contributed by atoms with van der Waals surface area (Å²) in [6.07, 6.45) is 3.49. The molecule has 0 unspecified atom stereocenters. The van der Waals surface area contributed by atoms with Crippen LogP contribution in [0.5, 0.6) is 5.75 Å². The minimum Gasteiger partial charge on any atom is -0.493 e. The largest absolute Gasteiger partial charge is 0.493 e. The number of amides is 1. The summed E-state index contributed by atoms with van der Waals surface area (Å²) in [5, 5.41) is 3.40.